The van der Waals surface area contributed by atoms with Gasteiger partial charge in [0, 0.05) is 12.1 Å². The first-order valence-corrected chi connectivity index (χ1v) is 8.34. The van der Waals surface area contributed by atoms with E-state index in [-0.39, 0.29) is 0 Å². The third-order valence-corrected chi connectivity index (χ3v) is 5.91. The normalized spacial score (nSPS) is 28.8. The molecule has 0 aromatic carbocycles. The number of likely N-dealkylation sites (N-methyl/N-ethyl adjacent to an activating group) is 1. The molecule has 1 N–H and O–H groups in total. The molecule has 100 valence electrons. The van der Waals surface area contributed by atoms with E-state index >= 15 is 0 Å². The summed E-state index contributed by atoms with van der Waals surface area (Å²) in [5.41, 5.74) is 0.460. The molecule has 1 heterocycles. The highest BCUT2D eigenvalue weighted by molar-refractivity contribution is 7.99. The monoisotopic (exact) mass is 256 g/mol. The van der Waals surface area contributed by atoms with Gasteiger partial charge in [0.2, 0.25) is 0 Å². The van der Waals surface area contributed by atoms with Crippen molar-refractivity contribution in [2.24, 2.45) is 5.92 Å². The van der Waals surface area contributed by atoms with E-state index in [1.165, 1.54) is 63.1 Å². The molecule has 2 rings (SSSR count). The van der Waals surface area contributed by atoms with E-state index in [4.69, 9.17) is 0 Å². The van der Waals surface area contributed by atoms with Crippen LogP contribution >= 0.6 is 11.8 Å². The van der Waals surface area contributed by atoms with E-state index in [0.717, 1.165) is 5.92 Å². The van der Waals surface area contributed by atoms with E-state index in [1.807, 2.05) is 0 Å². The lowest BCUT2D eigenvalue weighted by Gasteiger charge is -2.37. The van der Waals surface area contributed by atoms with E-state index in [9.17, 15) is 0 Å². The summed E-state index contributed by atoms with van der Waals surface area (Å²) in [4.78, 5) is 2.46. The molecule has 0 spiro atoms. The lowest BCUT2D eigenvalue weighted by molar-refractivity contribution is 0.152. The molecule has 1 aliphatic carbocycles. The summed E-state index contributed by atoms with van der Waals surface area (Å²) in [5, 5.41) is 3.76. The van der Waals surface area contributed by atoms with Crippen LogP contribution in [0.25, 0.3) is 0 Å². The predicted molar refractivity (Wildman–Crippen MR) is 77.8 cm³/mol. The second kappa shape index (κ2) is 6.44. The summed E-state index contributed by atoms with van der Waals surface area (Å²) in [6, 6.07) is 0. The van der Waals surface area contributed by atoms with Gasteiger partial charge < -0.3 is 10.2 Å². The number of thioether (sulfide) groups is 1. The molecule has 0 amide bonds. The molecule has 0 aromatic heterocycles. The van der Waals surface area contributed by atoms with Gasteiger partial charge in [-0.2, -0.15) is 11.8 Å². The molecule has 0 bridgehead atoms. The van der Waals surface area contributed by atoms with Gasteiger partial charge >= 0.3 is 0 Å². The van der Waals surface area contributed by atoms with Gasteiger partial charge in [-0.1, -0.05) is 12.8 Å². The first-order valence-electron chi connectivity index (χ1n) is 7.19. The average Bonchev–Trinajstić information content (AvgIpc) is 2.80. The van der Waals surface area contributed by atoms with E-state index in [2.05, 4.69) is 36.1 Å². The minimum Gasteiger partial charge on any atom is -0.315 e. The fourth-order valence-corrected chi connectivity index (χ4v) is 4.45. The molecule has 0 radical (unpaired) electrons. The summed E-state index contributed by atoms with van der Waals surface area (Å²) < 4.78 is 0. The summed E-state index contributed by atoms with van der Waals surface area (Å²) in [5.74, 6) is 3.69. The van der Waals surface area contributed by atoms with Crippen molar-refractivity contribution in [1.82, 2.24) is 10.2 Å². The van der Waals surface area contributed by atoms with Crippen LogP contribution in [0.2, 0.25) is 0 Å². The van der Waals surface area contributed by atoms with Crippen LogP contribution < -0.4 is 5.32 Å². The zero-order chi connectivity index (χ0) is 12.1. The van der Waals surface area contributed by atoms with Crippen LogP contribution in [0.5, 0.6) is 0 Å². The third kappa shape index (κ3) is 3.62. The third-order valence-electron chi connectivity index (χ3n) is 4.62. The maximum absolute atomic E-state index is 3.76. The van der Waals surface area contributed by atoms with Crippen molar-refractivity contribution >= 4 is 11.8 Å². The smallest absolute Gasteiger partial charge is 0.0327 e. The van der Waals surface area contributed by atoms with Crippen LogP contribution in [0.15, 0.2) is 0 Å². The van der Waals surface area contributed by atoms with Crippen molar-refractivity contribution in [2.75, 3.05) is 38.7 Å². The molecule has 1 atom stereocenters. The number of hydrogen-bond donors (Lipinski definition) is 1. The first-order chi connectivity index (χ1) is 8.23. The summed E-state index contributed by atoms with van der Waals surface area (Å²) in [6.45, 7) is 2.43. The van der Waals surface area contributed by atoms with Crippen LogP contribution in [0.1, 0.15) is 38.5 Å². The van der Waals surface area contributed by atoms with Crippen molar-refractivity contribution in [3.63, 3.8) is 0 Å². The average molecular weight is 256 g/mol. The fraction of sp³-hybridized carbons (Fsp3) is 1.00. The van der Waals surface area contributed by atoms with Crippen molar-refractivity contribution in [3.05, 3.63) is 0 Å². The van der Waals surface area contributed by atoms with Gasteiger partial charge in [-0.15, -0.1) is 0 Å². The molecule has 1 unspecified atom stereocenters. The molecule has 2 aliphatic rings. The Hall–Kier alpha value is 0.270. The van der Waals surface area contributed by atoms with Gasteiger partial charge in [-0.3, -0.25) is 0 Å². The van der Waals surface area contributed by atoms with Gasteiger partial charge in [0.05, 0.1) is 0 Å². The fourth-order valence-electron chi connectivity index (χ4n) is 3.29. The maximum atomic E-state index is 3.76. The second-order valence-electron chi connectivity index (χ2n) is 6.04. The van der Waals surface area contributed by atoms with Crippen LogP contribution in [0.4, 0.5) is 0 Å². The maximum Gasteiger partial charge on any atom is 0.0327 e. The van der Waals surface area contributed by atoms with Gasteiger partial charge in [-0.05, 0) is 63.7 Å². The minimum absolute atomic E-state index is 0.460. The molecule has 1 saturated heterocycles. The Bertz CT molecular complexity index is 218. The van der Waals surface area contributed by atoms with Gasteiger partial charge in [0.1, 0.15) is 0 Å². The lowest BCUT2D eigenvalue weighted by atomic mass is 9.95. The van der Waals surface area contributed by atoms with Crippen LogP contribution in [-0.4, -0.2) is 49.1 Å². The van der Waals surface area contributed by atoms with E-state index in [1.54, 1.807) is 0 Å². The number of rotatable bonds is 5. The van der Waals surface area contributed by atoms with Crippen LogP contribution in [0, 0.1) is 5.92 Å². The Morgan fingerprint density at radius 3 is 2.59 bits per heavy atom. The van der Waals surface area contributed by atoms with E-state index < -0.39 is 0 Å². The summed E-state index contributed by atoms with van der Waals surface area (Å²) in [7, 11) is 4.51. The van der Waals surface area contributed by atoms with Gasteiger partial charge in [0.15, 0.2) is 0 Å². The number of nitrogens with one attached hydrogen (secondary N) is 1. The molecule has 2 nitrogen and oxygen atoms in total. The topological polar surface area (TPSA) is 15.3 Å². The first kappa shape index (κ1) is 13.7. The van der Waals surface area contributed by atoms with Gasteiger partial charge in [0.25, 0.3) is 0 Å². The zero-order valence-corrected chi connectivity index (χ0v) is 12.3. The van der Waals surface area contributed by atoms with Crippen molar-refractivity contribution < 1.29 is 0 Å². The zero-order valence-electron chi connectivity index (χ0n) is 11.5. The predicted octanol–water partition coefficient (Wildman–Crippen LogP) is 2.59. The standard InChI is InChI=1S/C14H28N2S/c1-16(2)14(7-3-4-8-14)12-15-10-13-6-5-9-17-11-13/h13,15H,3-12H2,1-2H3. The molecule has 3 heteroatoms. The highest BCUT2D eigenvalue weighted by Gasteiger charge is 2.35. The van der Waals surface area contributed by atoms with Crippen molar-refractivity contribution in [2.45, 2.75) is 44.1 Å². The molecule has 17 heavy (non-hydrogen) atoms. The Labute approximate surface area is 111 Å². The Morgan fingerprint density at radius 1 is 1.24 bits per heavy atom. The van der Waals surface area contributed by atoms with Crippen LogP contribution in [0.3, 0.4) is 0 Å². The second-order valence-corrected chi connectivity index (χ2v) is 7.19. The molecule has 2 fully saturated rings. The summed E-state index contributed by atoms with van der Waals surface area (Å²) in [6.07, 6.45) is 8.46. The molecule has 0 aromatic rings. The number of hydrogen-bond acceptors (Lipinski definition) is 3. The highest BCUT2D eigenvalue weighted by atomic mass is 32.2. The molecular formula is C14H28N2S. The molecule has 1 aliphatic heterocycles. The molecule has 1 saturated carbocycles. The number of nitrogens with zero attached hydrogens (tertiary/aromatic N) is 1. The van der Waals surface area contributed by atoms with E-state index in [0.29, 0.717) is 5.54 Å². The van der Waals surface area contributed by atoms with Crippen molar-refractivity contribution in [3.8, 4) is 0 Å². The Kier molecular flexibility index (Phi) is 5.19. The quantitative estimate of drug-likeness (QED) is 0.814. The lowest BCUT2D eigenvalue weighted by Crippen LogP contribution is -2.50. The minimum atomic E-state index is 0.460. The van der Waals surface area contributed by atoms with Crippen LogP contribution in [-0.2, 0) is 0 Å². The highest BCUT2D eigenvalue weighted by Crippen LogP contribution is 2.33. The SMILES string of the molecule is CN(C)C1(CNCC2CCCSC2)CCCC1. The molecular weight excluding hydrogens is 228 g/mol. The Balaban J connectivity index is 1.72. The summed E-state index contributed by atoms with van der Waals surface area (Å²) >= 11 is 2.14. The largest absolute Gasteiger partial charge is 0.315 e. The van der Waals surface area contributed by atoms with Gasteiger partial charge in [-0.25, -0.2) is 0 Å². The van der Waals surface area contributed by atoms with Crippen molar-refractivity contribution in [1.29, 1.82) is 0 Å². The Morgan fingerprint density at radius 2 is 2.00 bits per heavy atom.